The van der Waals surface area contributed by atoms with Crippen LogP contribution < -0.4 is 15.8 Å². The van der Waals surface area contributed by atoms with Crippen molar-refractivity contribution in [3.63, 3.8) is 0 Å². The molecule has 1 unspecified atom stereocenters. The van der Waals surface area contributed by atoms with E-state index in [4.69, 9.17) is 10.5 Å². The summed E-state index contributed by atoms with van der Waals surface area (Å²) in [5.41, 5.74) is 6.48. The van der Waals surface area contributed by atoms with Crippen molar-refractivity contribution in [3.8, 4) is 5.75 Å². The van der Waals surface area contributed by atoms with Crippen LogP contribution in [0.3, 0.4) is 0 Å². The molecule has 110 valence electrons. The average Bonchev–Trinajstić information content (AvgIpc) is 3.15. The van der Waals surface area contributed by atoms with Crippen LogP contribution in [0, 0.1) is 5.82 Å². The molecule has 1 aliphatic rings. The molecule has 0 bridgehead atoms. The number of nitrogens with two attached hydrogens (primary N) is 1. The van der Waals surface area contributed by atoms with Gasteiger partial charge in [0.1, 0.15) is 11.6 Å². The molecule has 1 amide bonds. The van der Waals surface area contributed by atoms with E-state index in [1.165, 1.54) is 12.1 Å². The van der Waals surface area contributed by atoms with Crippen LogP contribution in [0.15, 0.2) is 18.2 Å². The fourth-order valence-corrected chi connectivity index (χ4v) is 1.98. The number of nitrogens with one attached hydrogen (secondary N) is 1. The van der Waals surface area contributed by atoms with Gasteiger partial charge in [-0.15, -0.1) is 0 Å². The monoisotopic (exact) mass is 280 g/mol. The molecule has 1 saturated carbocycles. The summed E-state index contributed by atoms with van der Waals surface area (Å²) in [6.45, 7) is 2.15. The van der Waals surface area contributed by atoms with Crippen LogP contribution in [0.4, 0.5) is 4.39 Å². The maximum atomic E-state index is 13.2. The van der Waals surface area contributed by atoms with Crippen LogP contribution >= 0.6 is 0 Å². The van der Waals surface area contributed by atoms with Gasteiger partial charge in [-0.2, -0.15) is 0 Å². The second-order valence-electron chi connectivity index (χ2n) is 5.37. The van der Waals surface area contributed by atoms with Crippen LogP contribution in [-0.4, -0.2) is 24.6 Å². The molecule has 0 aromatic heterocycles. The SMILES string of the molecule is CC(N)Cc1cc(F)ccc1OCCC(=O)NC1CC1. The van der Waals surface area contributed by atoms with Crippen LogP contribution in [0.2, 0.25) is 0 Å². The van der Waals surface area contributed by atoms with Crippen LogP contribution in [0.25, 0.3) is 0 Å². The van der Waals surface area contributed by atoms with Gasteiger partial charge in [-0.1, -0.05) is 0 Å². The van der Waals surface area contributed by atoms with E-state index >= 15 is 0 Å². The summed E-state index contributed by atoms with van der Waals surface area (Å²) in [5.74, 6) is 0.297. The maximum absolute atomic E-state index is 13.2. The van der Waals surface area contributed by atoms with Gasteiger partial charge in [0.05, 0.1) is 13.0 Å². The highest BCUT2D eigenvalue weighted by molar-refractivity contribution is 5.76. The summed E-state index contributed by atoms with van der Waals surface area (Å²) >= 11 is 0. The topological polar surface area (TPSA) is 64.3 Å². The number of benzene rings is 1. The summed E-state index contributed by atoms with van der Waals surface area (Å²) in [5, 5.41) is 2.90. The zero-order valence-electron chi connectivity index (χ0n) is 11.7. The molecule has 1 aromatic carbocycles. The average molecular weight is 280 g/mol. The molecule has 4 nitrogen and oxygen atoms in total. The zero-order valence-corrected chi connectivity index (χ0v) is 11.7. The number of halogens is 1. The van der Waals surface area contributed by atoms with Gasteiger partial charge >= 0.3 is 0 Å². The smallest absolute Gasteiger partial charge is 0.223 e. The quantitative estimate of drug-likeness (QED) is 0.800. The molecule has 1 aromatic rings. The Bertz CT molecular complexity index is 473. The minimum Gasteiger partial charge on any atom is -0.493 e. The normalized spacial score (nSPS) is 15.8. The van der Waals surface area contributed by atoms with Crippen molar-refractivity contribution in [1.29, 1.82) is 0 Å². The number of rotatable bonds is 7. The first-order chi connectivity index (χ1) is 9.54. The van der Waals surface area contributed by atoms with Crippen molar-refractivity contribution in [2.24, 2.45) is 5.73 Å². The summed E-state index contributed by atoms with van der Waals surface area (Å²) in [6, 6.07) is 4.67. The van der Waals surface area contributed by atoms with E-state index in [1.54, 1.807) is 6.07 Å². The Morgan fingerprint density at radius 3 is 2.95 bits per heavy atom. The van der Waals surface area contributed by atoms with Crippen molar-refractivity contribution in [2.45, 2.75) is 44.7 Å². The Balaban J connectivity index is 1.85. The third-order valence-electron chi connectivity index (χ3n) is 3.09. The number of carbonyl (C=O) groups excluding carboxylic acids is 1. The van der Waals surface area contributed by atoms with Crippen LogP contribution in [0.5, 0.6) is 5.75 Å². The van der Waals surface area contributed by atoms with Crippen LogP contribution in [-0.2, 0) is 11.2 Å². The lowest BCUT2D eigenvalue weighted by Crippen LogP contribution is -2.26. The van der Waals surface area contributed by atoms with E-state index in [-0.39, 0.29) is 24.4 Å². The van der Waals surface area contributed by atoms with Crippen molar-refractivity contribution < 1.29 is 13.9 Å². The molecule has 0 radical (unpaired) electrons. The minimum absolute atomic E-state index is 0.00311. The van der Waals surface area contributed by atoms with Crippen molar-refractivity contribution in [2.75, 3.05) is 6.61 Å². The van der Waals surface area contributed by atoms with Gasteiger partial charge in [0.25, 0.3) is 0 Å². The van der Waals surface area contributed by atoms with Gasteiger partial charge in [0.15, 0.2) is 0 Å². The highest BCUT2D eigenvalue weighted by Crippen LogP contribution is 2.22. The Morgan fingerprint density at radius 2 is 2.30 bits per heavy atom. The highest BCUT2D eigenvalue weighted by Gasteiger charge is 2.22. The number of hydrogen-bond acceptors (Lipinski definition) is 3. The van der Waals surface area contributed by atoms with E-state index in [0.29, 0.717) is 24.6 Å². The predicted molar refractivity (Wildman–Crippen MR) is 75.0 cm³/mol. The molecule has 1 fully saturated rings. The fraction of sp³-hybridized carbons (Fsp3) is 0.533. The molecule has 1 aliphatic carbocycles. The molecule has 3 N–H and O–H groups in total. The summed E-state index contributed by atoms with van der Waals surface area (Å²) < 4.78 is 18.8. The summed E-state index contributed by atoms with van der Waals surface area (Å²) in [7, 11) is 0. The molecule has 20 heavy (non-hydrogen) atoms. The standard InChI is InChI=1S/C15H21FN2O2/c1-10(17)8-11-9-12(16)2-5-14(11)20-7-6-15(19)18-13-3-4-13/h2,5,9-10,13H,3-4,6-8,17H2,1H3,(H,18,19). The Labute approximate surface area is 118 Å². The molecule has 2 rings (SSSR count). The Morgan fingerprint density at radius 1 is 1.55 bits per heavy atom. The number of amides is 1. The second-order valence-corrected chi connectivity index (χ2v) is 5.37. The second kappa shape index (κ2) is 6.70. The highest BCUT2D eigenvalue weighted by atomic mass is 19.1. The first-order valence-electron chi connectivity index (χ1n) is 7.01. The van der Waals surface area contributed by atoms with Gasteiger partial charge in [0.2, 0.25) is 5.91 Å². The van der Waals surface area contributed by atoms with E-state index in [2.05, 4.69) is 5.32 Å². The van der Waals surface area contributed by atoms with Gasteiger partial charge in [0, 0.05) is 12.1 Å². The molecule has 1 atom stereocenters. The van der Waals surface area contributed by atoms with Gasteiger partial charge in [-0.05, 0) is 49.9 Å². The van der Waals surface area contributed by atoms with E-state index in [0.717, 1.165) is 18.4 Å². The molecule has 0 spiro atoms. The Kier molecular flexibility index (Phi) is 4.95. The van der Waals surface area contributed by atoms with Crippen molar-refractivity contribution in [1.82, 2.24) is 5.32 Å². The molecular weight excluding hydrogens is 259 g/mol. The summed E-state index contributed by atoms with van der Waals surface area (Å²) in [6.07, 6.45) is 3.00. The van der Waals surface area contributed by atoms with Crippen molar-refractivity contribution >= 4 is 5.91 Å². The molecule has 0 saturated heterocycles. The number of ether oxygens (including phenoxy) is 1. The lowest BCUT2D eigenvalue weighted by molar-refractivity contribution is -0.121. The lowest BCUT2D eigenvalue weighted by Gasteiger charge is -2.13. The van der Waals surface area contributed by atoms with E-state index in [1.807, 2.05) is 6.92 Å². The van der Waals surface area contributed by atoms with Gasteiger partial charge < -0.3 is 15.8 Å². The number of carbonyl (C=O) groups is 1. The van der Waals surface area contributed by atoms with E-state index < -0.39 is 0 Å². The van der Waals surface area contributed by atoms with Gasteiger partial charge in [-0.3, -0.25) is 4.79 Å². The first kappa shape index (κ1) is 14.8. The molecule has 0 aliphatic heterocycles. The Hall–Kier alpha value is -1.62. The largest absolute Gasteiger partial charge is 0.493 e. The minimum atomic E-state index is -0.306. The summed E-state index contributed by atoms with van der Waals surface area (Å²) in [4.78, 5) is 11.5. The van der Waals surface area contributed by atoms with Crippen LogP contribution in [0.1, 0.15) is 31.7 Å². The van der Waals surface area contributed by atoms with Crippen molar-refractivity contribution in [3.05, 3.63) is 29.6 Å². The molecular formula is C15H21FN2O2. The predicted octanol–water partition coefficient (Wildman–Crippen LogP) is 1.76. The van der Waals surface area contributed by atoms with Gasteiger partial charge in [-0.25, -0.2) is 4.39 Å². The molecule has 5 heteroatoms. The fourth-order valence-electron chi connectivity index (χ4n) is 1.98. The van der Waals surface area contributed by atoms with E-state index in [9.17, 15) is 9.18 Å². The third-order valence-corrected chi connectivity index (χ3v) is 3.09. The maximum Gasteiger partial charge on any atom is 0.223 e. The lowest BCUT2D eigenvalue weighted by atomic mass is 10.1. The molecule has 0 heterocycles. The third kappa shape index (κ3) is 4.81. The zero-order chi connectivity index (χ0) is 14.5. The number of hydrogen-bond donors (Lipinski definition) is 2. The first-order valence-corrected chi connectivity index (χ1v) is 7.01.